The van der Waals surface area contributed by atoms with Gasteiger partial charge >= 0.3 is 0 Å². The molecule has 1 aliphatic carbocycles. The van der Waals surface area contributed by atoms with E-state index in [1.54, 1.807) is 6.20 Å². The van der Waals surface area contributed by atoms with Gasteiger partial charge in [-0.25, -0.2) is 0 Å². The number of hydrogen-bond donors (Lipinski definition) is 1. The Balaban J connectivity index is 2.12. The third kappa shape index (κ3) is 4.52. The second-order valence-electron chi connectivity index (χ2n) is 7.45. The average molecular weight is 290 g/mol. The molecular formula is C18H30N2O. The first-order chi connectivity index (χ1) is 9.91. The largest absolute Gasteiger partial charge is 0.369 e. The van der Waals surface area contributed by atoms with E-state index in [0.717, 1.165) is 24.8 Å². The van der Waals surface area contributed by atoms with E-state index in [1.165, 1.54) is 6.42 Å². The summed E-state index contributed by atoms with van der Waals surface area (Å²) >= 11 is 0. The van der Waals surface area contributed by atoms with Gasteiger partial charge in [-0.05, 0) is 43.1 Å². The van der Waals surface area contributed by atoms with Crippen LogP contribution in [0.1, 0.15) is 65.0 Å². The smallest absolute Gasteiger partial charge is 0.0994 e. The molecule has 0 spiro atoms. The molecule has 0 radical (unpaired) electrons. The van der Waals surface area contributed by atoms with Crippen molar-refractivity contribution in [2.45, 2.75) is 71.6 Å². The third-order valence-electron chi connectivity index (χ3n) is 4.56. The van der Waals surface area contributed by atoms with Crippen molar-refractivity contribution in [2.24, 2.45) is 17.1 Å². The number of nitrogens with zero attached hydrogens (tertiary/aromatic N) is 1. The summed E-state index contributed by atoms with van der Waals surface area (Å²) in [6, 6.07) is 4.06. The summed E-state index contributed by atoms with van der Waals surface area (Å²) in [5.41, 5.74) is 7.78. The molecule has 1 aromatic heterocycles. The lowest BCUT2D eigenvalue weighted by Gasteiger charge is -2.41. The van der Waals surface area contributed by atoms with Crippen molar-refractivity contribution in [3.8, 4) is 0 Å². The maximum absolute atomic E-state index is 6.47. The first kappa shape index (κ1) is 16.4. The first-order valence-corrected chi connectivity index (χ1v) is 8.22. The van der Waals surface area contributed by atoms with Crippen LogP contribution in [0, 0.1) is 11.3 Å². The molecule has 3 nitrogen and oxygen atoms in total. The molecule has 4 atom stereocenters. The van der Waals surface area contributed by atoms with Crippen LogP contribution in [0.4, 0.5) is 0 Å². The number of rotatable bonds is 5. The van der Waals surface area contributed by atoms with Gasteiger partial charge in [0.05, 0.1) is 12.2 Å². The van der Waals surface area contributed by atoms with E-state index in [2.05, 4.69) is 38.7 Å². The van der Waals surface area contributed by atoms with Crippen LogP contribution in [0.25, 0.3) is 0 Å². The maximum atomic E-state index is 6.47. The zero-order valence-corrected chi connectivity index (χ0v) is 13.9. The molecule has 0 bridgehead atoms. The summed E-state index contributed by atoms with van der Waals surface area (Å²) in [5, 5.41) is 0. The number of aromatic nitrogens is 1. The Kier molecular flexibility index (Phi) is 5.39. The van der Waals surface area contributed by atoms with Crippen molar-refractivity contribution in [1.82, 2.24) is 4.98 Å². The van der Waals surface area contributed by atoms with Gasteiger partial charge < -0.3 is 10.5 Å². The van der Waals surface area contributed by atoms with Crippen LogP contribution in [-0.4, -0.2) is 17.1 Å². The predicted octanol–water partition coefficient (Wildman–Crippen LogP) is 4.09. The first-order valence-electron chi connectivity index (χ1n) is 8.22. The Morgan fingerprint density at radius 3 is 2.76 bits per heavy atom. The molecule has 118 valence electrons. The molecule has 4 unspecified atom stereocenters. The van der Waals surface area contributed by atoms with Crippen molar-refractivity contribution >= 4 is 0 Å². The minimum atomic E-state index is -0.0465. The second-order valence-corrected chi connectivity index (χ2v) is 7.45. The topological polar surface area (TPSA) is 48.1 Å². The molecule has 2 N–H and O–H groups in total. The molecule has 1 aliphatic rings. The monoisotopic (exact) mass is 290 g/mol. The van der Waals surface area contributed by atoms with Gasteiger partial charge in [0.2, 0.25) is 0 Å². The quantitative estimate of drug-likeness (QED) is 0.888. The van der Waals surface area contributed by atoms with E-state index in [4.69, 9.17) is 10.5 Å². The molecule has 1 aromatic rings. The summed E-state index contributed by atoms with van der Waals surface area (Å²) in [6.45, 7) is 9.14. The molecule has 0 aliphatic heterocycles. The van der Waals surface area contributed by atoms with Crippen LogP contribution in [0.3, 0.4) is 0 Å². The Hall–Kier alpha value is -0.930. The minimum absolute atomic E-state index is 0.0227. The van der Waals surface area contributed by atoms with Gasteiger partial charge in [0.15, 0.2) is 0 Å². The lowest BCUT2D eigenvalue weighted by molar-refractivity contribution is -0.0761. The van der Waals surface area contributed by atoms with Gasteiger partial charge in [-0.2, -0.15) is 0 Å². The lowest BCUT2D eigenvalue weighted by atomic mass is 9.71. The van der Waals surface area contributed by atoms with Crippen LogP contribution in [0.2, 0.25) is 0 Å². The van der Waals surface area contributed by atoms with Crippen molar-refractivity contribution in [2.75, 3.05) is 0 Å². The maximum Gasteiger partial charge on any atom is 0.0994 e. The molecule has 1 heterocycles. The van der Waals surface area contributed by atoms with Crippen LogP contribution >= 0.6 is 0 Å². The highest BCUT2D eigenvalue weighted by Gasteiger charge is 2.34. The lowest BCUT2D eigenvalue weighted by Crippen LogP contribution is -2.37. The third-order valence-corrected chi connectivity index (χ3v) is 4.56. The summed E-state index contributed by atoms with van der Waals surface area (Å²) in [7, 11) is 0. The minimum Gasteiger partial charge on any atom is -0.369 e. The highest BCUT2D eigenvalue weighted by atomic mass is 16.5. The molecule has 0 amide bonds. The van der Waals surface area contributed by atoms with E-state index in [9.17, 15) is 0 Å². The average Bonchev–Trinajstić information content (AvgIpc) is 2.43. The van der Waals surface area contributed by atoms with Crippen molar-refractivity contribution < 1.29 is 4.74 Å². The molecule has 3 heteroatoms. The summed E-state index contributed by atoms with van der Waals surface area (Å²) in [4.78, 5) is 4.22. The fraction of sp³-hybridized carbons (Fsp3) is 0.722. The SMILES string of the molecule is CCC(N)C(OC1CC(C)CC(C)(C)C1)c1cccnc1. The van der Waals surface area contributed by atoms with Crippen LogP contribution in [0.5, 0.6) is 0 Å². The standard InChI is InChI=1S/C18H30N2O/c1-5-16(19)17(14-7-6-8-20-12-14)21-15-9-13(2)10-18(3,4)11-15/h6-8,12-13,15-17H,5,9-11,19H2,1-4H3. The van der Waals surface area contributed by atoms with Gasteiger partial charge in [-0.1, -0.05) is 33.8 Å². The predicted molar refractivity (Wildman–Crippen MR) is 86.9 cm³/mol. The van der Waals surface area contributed by atoms with Crippen molar-refractivity contribution in [1.29, 1.82) is 0 Å². The van der Waals surface area contributed by atoms with Gasteiger partial charge in [-0.15, -0.1) is 0 Å². The molecule has 0 aromatic carbocycles. The van der Waals surface area contributed by atoms with Crippen LogP contribution < -0.4 is 5.73 Å². The highest BCUT2D eigenvalue weighted by Crippen LogP contribution is 2.41. The van der Waals surface area contributed by atoms with E-state index < -0.39 is 0 Å². The summed E-state index contributed by atoms with van der Waals surface area (Å²) in [5.74, 6) is 0.714. The van der Waals surface area contributed by atoms with Gasteiger partial charge in [0.1, 0.15) is 0 Å². The fourth-order valence-electron chi connectivity index (χ4n) is 3.75. The molecule has 1 saturated carbocycles. The number of ether oxygens (including phenoxy) is 1. The summed E-state index contributed by atoms with van der Waals surface area (Å²) < 4.78 is 6.47. The van der Waals surface area contributed by atoms with Gasteiger partial charge in [0, 0.05) is 24.0 Å². The Bertz CT molecular complexity index is 432. The second kappa shape index (κ2) is 6.89. The Morgan fingerprint density at radius 2 is 2.19 bits per heavy atom. The summed E-state index contributed by atoms with van der Waals surface area (Å²) in [6.07, 6.45) is 8.37. The van der Waals surface area contributed by atoms with Crippen molar-refractivity contribution in [3.05, 3.63) is 30.1 Å². The van der Waals surface area contributed by atoms with E-state index >= 15 is 0 Å². The number of hydrogen-bond acceptors (Lipinski definition) is 3. The zero-order valence-electron chi connectivity index (χ0n) is 13.9. The van der Waals surface area contributed by atoms with Crippen LogP contribution in [0.15, 0.2) is 24.5 Å². The number of pyridine rings is 1. The number of nitrogens with two attached hydrogens (primary N) is 1. The molecule has 1 fully saturated rings. The molecule has 21 heavy (non-hydrogen) atoms. The Morgan fingerprint density at radius 1 is 1.43 bits per heavy atom. The normalized spacial score (nSPS) is 28.0. The van der Waals surface area contributed by atoms with Crippen molar-refractivity contribution in [3.63, 3.8) is 0 Å². The molecule has 0 saturated heterocycles. The van der Waals surface area contributed by atoms with E-state index in [0.29, 0.717) is 17.4 Å². The van der Waals surface area contributed by atoms with E-state index in [-0.39, 0.29) is 12.1 Å². The fourth-order valence-corrected chi connectivity index (χ4v) is 3.75. The van der Waals surface area contributed by atoms with Crippen LogP contribution in [-0.2, 0) is 4.74 Å². The van der Waals surface area contributed by atoms with Gasteiger partial charge in [0.25, 0.3) is 0 Å². The molecule has 2 rings (SSSR count). The Labute approximate surface area is 129 Å². The zero-order chi connectivity index (χ0) is 15.5. The van der Waals surface area contributed by atoms with Gasteiger partial charge in [-0.3, -0.25) is 4.98 Å². The highest BCUT2D eigenvalue weighted by molar-refractivity contribution is 5.14. The van der Waals surface area contributed by atoms with E-state index in [1.807, 2.05) is 12.3 Å². The molecular weight excluding hydrogens is 260 g/mol.